The molecule has 6 nitrogen and oxygen atoms in total. The van der Waals surface area contributed by atoms with Crippen LogP contribution in [-0.2, 0) is 20.9 Å². The smallest absolute Gasteiger partial charge is 0.224 e. The van der Waals surface area contributed by atoms with Crippen LogP contribution in [0.1, 0.15) is 31.2 Å². The average molecular weight is 382 g/mol. The molecule has 2 aromatic rings. The number of benzene rings is 2. The number of hydrogen-bond donors (Lipinski definition) is 2. The van der Waals surface area contributed by atoms with Crippen LogP contribution in [0.5, 0.6) is 5.75 Å². The van der Waals surface area contributed by atoms with Gasteiger partial charge in [-0.1, -0.05) is 30.3 Å². The van der Waals surface area contributed by atoms with Crippen molar-refractivity contribution in [1.29, 1.82) is 0 Å². The molecule has 0 aliphatic carbocycles. The number of hydrogen-bond acceptors (Lipinski definition) is 4. The highest BCUT2D eigenvalue weighted by Crippen LogP contribution is 2.17. The topological polar surface area (TPSA) is 76.7 Å². The number of rotatable bonds is 9. The fourth-order valence-electron chi connectivity index (χ4n) is 2.95. The molecule has 1 heterocycles. The first-order valence-electron chi connectivity index (χ1n) is 9.64. The minimum absolute atomic E-state index is 0.111. The van der Waals surface area contributed by atoms with E-state index < -0.39 is 0 Å². The highest BCUT2D eigenvalue weighted by molar-refractivity contribution is 5.93. The van der Waals surface area contributed by atoms with Gasteiger partial charge in [-0.3, -0.25) is 9.59 Å². The first kappa shape index (κ1) is 19.9. The van der Waals surface area contributed by atoms with Gasteiger partial charge in [-0.25, -0.2) is 0 Å². The summed E-state index contributed by atoms with van der Waals surface area (Å²) in [6, 6.07) is 17.1. The highest BCUT2D eigenvalue weighted by Gasteiger charge is 2.16. The molecule has 0 saturated carbocycles. The van der Waals surface area contributed by atoms with E-state index in [1.54, 1.807) is 12.1 Å². The summed E-state index contributed by atoms with van der Waals surface area (Å²) in [5.74, 6) is 0.413. The molecule has 1 fully saturated rings. The van der Waals surface area contributed by atoms with Crippen LogP contribution in [0, 0.1) is 0 Å². The average Bonchev–Trinajstić information content (AvgIpc) is 3.25. The van der Waals surface area contributed by atoms with Crippen LogP contribution in [0.3, 0.4) is 0 Å². The summed E-state index contributed by atoms with van der Waals surface area (Å²) in [6.45, 7) is 1.78. The Kier molecular flexibility index (Phi) is 7.44. The summed E-state index contributed by atoms with van der Waals surface area (Å²) in [5, 5.41) is 5.61. The first-order chi connectivity index (χ1) is 13.7. The van der Waals surface area contributed by atoms with Crippen LogP contribution in [0.15, 0.2) is 54.6 Å². The Morgan fingerprint density at radius 3 is 2.46 bits per heavy atom. The second kappa shape index (κ2) is 10.5. The molecule has 6 heteroatoms. The summed E-state index contributed by atoms with van der Waals surface area (Å²) in [4.78, 5) is 23.9. The molecule has 1 aliphatic rings. The lowest BCUT2D eigenvalue weighted by atomic mass is 10.2. The molecule has 3 rings (SSSR count). The van der Waals surface area contributed by atoms with E-state index in [0.717, 1.165) is 30.8 Å². The molecular formula is C22H26N2O4. The van der Waals surface area contributed by atoms with E-state index in [-0.39, 0.29) is 30.8 Å². The van der Waals surface area contributed by atoms with Crippen molar-refractivity contribution < 1.29 is 19.1 Å². The molecule has 1 saturated heterocycles. The second-order valence-corrected chi connectivity index (χ2v) is 6.79. The Morgan fingerprint density at radius 2 is 1.75 bits per heavy atom. The first-order valence-corrected chi connectivity index (χ1v) is 9.64. The van der Waals surface area contributed by atoms with Crippen molar-refractivity contribution in [3.05, 3.63) is 60.2 Å². The van der Waals surface area contributed by atoms with Gasteiger partial charge in [0.05, 0.1) is 6.10 Å². The molecule has 2 amide bonds. The summed E-state index contributed by atoms with van der Waals surface area (Å²) in [5.41, 5.74) is 1.77. The SMILES string of the molecule is O=C(CCC(=O)Nc1ccc(OCc2ccccc2)cc1)NC[C@@H]1CCCO1. The summed E-state index contributed by atoms with van der Waals surface area (Å²) < 4.78 is 11.2. The third kappa shape index (κ3) is 6.70. The number of anilines is 1. The minimum atomic E-state index is -0.190. The van der Waals surface area contributed by atoms with Gasteiger partial charge in [0.15, 0.2) is 0 Å². The molecule has 0 spiro atoms. The predicted octanol–water partition coefficient (Wildman–Crippen LogP) is 3.28. The van der Waals surface area contributed by atoms with Crippen LogP contribution >= 0.6 is 0 Å². The number of amides is 2. The van der Waals surface area contributed by atoms with Crippen molar-refractivity contribution in [3.63, 3.8) is 0 Å². The minimum Gasteiger partial charge on any atom is -0.489 e. The summed E-state index contributed by atoms with van der Waals surface area (Å²) >= 11 is 0. The van der Waals surface area contributed by atoms with Gasteiger partial charge in [0.2, 0.25) is 11.8 Å². The molecule has 148 valence electrons. The molecule has 28 heavy (non-hydrogen) atoms. The Bertz CT molecular complexity index is 756. The van der Waals surface area contributed by atoms with Gasteiger partial charge >= 0.3 is 0 Å². The van der Waals surface area contributed by atoms with Gasteiger partial charge in [0.1, 0.15) is 12.4 Å². The maximum atomic E-state index is 12.0. The molecule has 0 bridgehead atoms. The Morgan fingerprint density at radius 1 is 1.00 bits per heavy atom. The second-order valence-electron chi connectivity index (χ2n) is 6.79. The molecular weight excluding hydrogens is 356 g/mol. The van der Waals surface area contributed by atoms with E-state index in [9.17, 15) is 9.59 Å². The van der Waals surface area contributed by atoms with E-state index in [2.05, 4.69) is 10.6 Å². The number of nitrogens with one attached hydrogen (secondary N) is 2. The monoisotopic (exact) mass is 382 g/mol. The summed E-state index contributed by atoms with van der Waals surface area (Å²) in [7, 11) is 0. The van der Waals surface area contributed by atoms with Crippen LogP contribution in [0.4, 0.5) is 5.69 Å². The highest BCUT2D eigenvalue weighted by atomic mass is 16.5. The zero-order valence-corrected chi connectivity index (χ0v) is 15.9. The van der Waals surface area contributed by atoms with Gasteiger partial charge in [-0.15, -0.1) is 0 Å². The van der Waals surface area contributed by atoms with Gasteiger partial charge in [0, 0.05) is 31.7 Å². The third-order valence-corrected chi connectivity index (χ3v) is 4.52. The van der Waals surface area contributed by atoms with Crippen LogP contribution in [0.2, 0.25) is 0 Å². The largest absolute Gasteiger partial charge is 0.489 e. The Hall–Kier alpha value is -2.86. The normalized spacial score (nSPS) is 15.8. The van der Waals surface area contributed by atoms with Crippen molar-refractivity contribution in [2.45, 2.75) is 38.4 Å². The van der Waals surface area contributed by atoms with E-state index in [1.165, 1.54) is 0 Å². The Balaban J connectivity index is 1.34. The molecule has 0 radical (unpaired) electrons. The standard InChI is InChI=1S/C22H26N2O4/c25-21(23-15-20-7-4-14-27-20)12-13-22(26)24-18-8-10-19(11-9-18)28-16-17-5-2-1-3-6-17/h1-3,5-6,8-11,20H,4,7,12-16H2,(H,23,25)(H,24,26)/t20-/m0/s1. The van der Waals surface area contributed by atoms with Crippen LogP contribution < -0.4 is 15.4 Å². The van der Waals surface area contributed by atoms with Gasteiger partial charge in [-0.2, -0.15) is 0 Å². The lowest BCUT2D eigenvalue weighted by Gasteiger charge is -2.11. The Labute approximate surface area is 165 Å². The van der Waals surface area contributed by atoms with Crippen LogP contribution in [-0.4, -0.2) is 31.1 Å². The maximum absolute atomic E-state index is 12.0. The van der Waals surface area contributed by atoms with Crippen LogP contribution in [0.25, 0.3) is 0 Å². The number of carbonyl (C=O) groups is 2. The number of carbonyl (C=O) groups excluding carboxylic acids is 2. The summed E-state index contributed by atoms with van der Waals surface area (Å²) in [6.07, 6.45) is 2.44. The fourth-order valence-corrected chi connectivity index (χ4v) is 2.95. The van der Waals surface area contributed by atoms with E-state index in [0.29, 0.717) is 18.8 Å². The molecule has 1 aliphatic heterocycles. The van der Waals surface area contributed by atoms with Crippen molar-refractivity contribution in [1.82, 2.24) is 5.32 Å². The predicted molar refractivity (Wildman–Crippen MR) is 107 cm³/mol. The van der Waals surface area contributed by atoms with Crippen molar-refractivity contribution >= 4 is 17.5 Å². The van der Waals surface area contributed by atoms with Gasteiger partial charge < -0.3 is 20.1 Å². The zero-order chi connectivity index (χ0) is 19.6. The molecule has 2 N–H and O–H groups in total. The van der Waals surface area contributed by atoms with E-state index in [1.807, 2.05) is 42.5 Å². The van der Waals surface area contributed by atoms with E-state index in [4.69, 9.17) is 9.47 Å². The third-order valence-electron chi connectivity index (χ3n) is 4.52. The zero-order valence-electron chi connectivity index (χ0n) is 15.9. The molecule has 0 aromatic heterocycles. The van der Waals surface area contributed by atoms with Gasteiger partial charge in [0.25, 0.3) is 0 Å². The lowest BCUT2D eigenvalue weighted by molar-refractivity contribution is -0.124. The molecule has 2 aromatic carbocycles. The number of ether oxygens (including phenoxy) is 2. The lowest BCUT2D eigenvalue weighted by Crippen LogP contribution is -2.32. The molecule has 1 atom stereocenters. The van der Waals surface area contributed by atoms with E-state index >= 15 is 0 Å². The quantitative estimate of drug-likeness (QED) is 0.698. The molecule has 0 unspecified atom stereocenters. The fraction of sp³-hybridized carbons (Fsp3) is 0.364. The van der Waals surface area contributed by atoms with Gasteiger partial charge in [-0.05, 0) is 42.7 Å². The van der Waals surface area contributed by atoms with Crippen molar-refractivity contribution in [2.75, 3.05) is 18.5 Å². The van der Waals surface area contributed by atoms with Crippen molar-refractivity contribution in [2.24, 2.45) is 0 Å². The van der Waals surface area contributed by atoms with Crippen molar-refractivity contribution in [3.8, 4) is 5.75 Å². The maximum Gasteiger partial charge on any atom is 0.224 e.